The Morgan fingerprint density at radius 3 is 2.65 bits per heavy atom. The Morgan fingerprint density at radius 1 is 1.30 bits per heavy atom. The summed E-state index contributed by atoms with van der Waals surface area (Å²) in [5.41, 5.74) is 6.40. The molecule has 1 fully saturated rings. The van der Waals surface area contributed by atoms with Crippen LogP contribution in [0.2, 0.25) is 0 Å². The Morgan fingerprint density at radius 2 is 2.00 bits per heavy atom. The lowest BCUT2D eigenvalue weighted by Gasteiger charge is -2.25. The van der Waals surface area contributed by atoms with Crippen LogP contribution in [0.1, 0.15) is 31.7 Å². The Balaban J connectivity index is 1.83. The number of carbonyl (C=O) groups excluding carboxylic acids is 3. The van der Waals surface area contributed by atoms with Crippen molar-refractivity contribution in [2.75, 3.05) is 6.54 Å². The third kappa shape index (κ3) is 4.55. The Bertz CT molecular complexity index is 574. The number of nitrogens with two attached hydrogens (primary N) is 1. The lowest BCUT2D eigenvalue weighted by Crippen LogP contribution is -2.51. The van der Waals surface area contributed by atoms with Gasteiger partial charge < -0.3 is 16.0 Å². The zero-order valence-electron chi connectivity index (χ0n) is 13.3. The van der Waals surface area contributed by atoms with Gasteiger partial charge >= 0.3 is 0 Å². The number of primary amides is 1. The molecule has 1 aliphatic rings. The van der Waals surface area contributed by atoms with Gasteiger partial charge in [0.15, 0.2) is 0 Å². The van der Waals surface area contributed by atoms with E-state index in [0.717, 1.165) is 12.0 Å². The van der Waals surface area contributed by atoms with E-state index in [1.54, 1.807) is 6.92 Å². The van der Waals surface area contributed by atoms with Gasteiger partial charge in [0.2, 0.25) is 17.7 Å². The molecule has 6 nitrogen and oxygen atoms in total. The third-order valence-electron chi connectivity index (χ3n) is 4.10. The summed E-state index contributed by atoms with van der Waals surface area (Å²) in [5.74, 6) is -0.914. The highest BCUT2D eigenvalue weighted by Crippen LogP contribution is 2.17. The van der Waals surface area contributed by atoms with E-state index < -0.39 is 18.0 Å². The average Bonchev–Trinajstić information content (AvgIpc) is 3.03. The number of rotatable bonds is 6. The number of benzene rings is 1. The summed E-state index contributed by atoms with van der Waals surface area (Å²) in [6, 6.07) is 8.50. The molecule has 6 heteroatoms. The van der Waals surface area contributed by atoms with Crippen molar-refractivity contribution in [2.24, 2.45) is 5.73 Å². The molecule has 1 aliphatic heterocycles. The third-order valence-corrected chi connectivity index (χ3v) is 4.10. The number of likely N-dealkylation sites (tertiary alicyclic amines) is 1. The molecule has 23 heavy (non-hydrogen) atoms. The van der Waals surface area contributed by atoms with Crippen molar-refractivity contribution < 1.29 is 14.4 Å². The minimum Gasteiger partial charge on any atom is -0.368 e. The molecule has 1 saturated heterocycles. The second kappa shape index (κ2) is 7.76. The number of nitrogens with one attached hydrogen (secondary N) is 1. The highest BCUT2D eigenvalue weighted by molar-refractivity contribution is 5.91. The van der Waals surface area contributed by atoms with Gasteiger partial charge in [0.25, 0.3) is 0 Å². The van der Waals surface area contributed by atoms with Crippen LogP contribution >= 0.6 is 0 Å². The van der Waals surface area contributed by atoms with Crippen LogP contribution in [0, 0.1) is 0 Å². The molecule has 3 amide bonds. The molecule has 0 saturated carbocycles. The van der Waals surface area contributed by atoms with Gasteiger partial charge in [0.05, 0.1) is 0 Å². The molecule has 3 N–H and O–H groups in total. The van der Waals surface area contributed by atoms with Crippen molar-refractivity contribution in [1.82, 2.24) is 10.2 Å². The quantitative estimate of drug-likeness (QED) is 0.804. The molecule has 124 valence electrons. The van der Waals surface area contributed by atoms with E-state index in [1.807, 2.05) is 30.3 Å². The fourth-order valence-electron chi connectivity index (χ4n) is 2.85. The highest BCUT2D eigenvalue weighted by Gasteiger charge is 2.34. The number of hydrogen-bond acceptors (Lipinski definition) is 3. The van der Waals surface area contributed by atoms with Crippen LogP contribution in [0.25, 0.3) is 0 Å². The van der Waals surface area contributed by atoms with E-state index in [1.165, 1.54) is 4.90 Å². The molecular weight excluding hydrogens is 294 g/mol. The maximum atomic E-state index is 12.4. The van der Waals surface area contributed by atoms with Crippen LogP contribution in [0.5, 0.6) is 0 Å². The first-order valence-electron chi connectivity index (χ1n) is 7.92. The summed E-state index contributed by atoms with van der Waals surface area (Å²) in [4.78, 5) is 37.2. The molecule has 0 spiro atoms. The number of nitrogens with zero attached hydrogens (tertiary/aromatic N) is 1. The summed E-state index contributed by atoms with van der Waals surface area (Å²) in [7, 11) is 0. The van der Waals surface area contributed by atoms with E-state index in [0.29, 0.717) is 25.8 Å². The minimum absolute atomic E-state index is 0.176. The molecule has 1 unspecified atom stereocenters. The summed E-state index contributed by atoms with van der Waals surface area (Å²) in [6.07, 6.45) is 2.30. The fourth-order valence-corrected chi connectivity index (χ4v) is 2.85. The largest absolute Gasteiger partial charge is 0.368 e. The zero-order chi connectivity index (χ0) is 16.8. The predicted octanol–water partition coefficient (Wildman–Crippen LogP) is 0.600. The Labute approximate surface area is 136 Å². The molecule has 2 atom stereocenters. The van der Waals surface area contributed by atoms with Gasteiger partial charge in [0, 0.05) is 13.0 Å². The second-order valence-electron chi connectivity index (χ2n) is 5.87. The van der Waals surface area contributed by atoms with Crippen molar-refractivity contribution >= 4 is 17.7 Å². The van der Waals surface area contributed by atoms with Gasteiger partial charge in [-0.05, 0) is 31.7 Å². The smallest absolute Gasteiger partial charge is 0.245 e. The summed E-state index contributed by atoms with van der Waals surface area (Å²) >= 11 is 0. The molecule has 1 heterocycles. The van der Waals surface area contributed by atoms with Crippen LogP contribution in [0.3, 0.4) is 0 Å². The summed E-state index contributed by atoms with van der Waals surface area (Å²) in [6.45, 7) is 2.15. The van der Waals surface area contributed by atoms with Crippen molar-refractivity contribution in [3.63, 3.8) is 0 Å². The standard InChI is InChI=1S/C17H23N3O3/c1-12(17(23)20-11-5-8-14(20)16(18)22)19-15(21)10-9-13-6-3-2-4-7-13/h2-4,6-7,12,14H,5,8-11H2,1H3,(H2,18,22)(H,19,21)/t12?,14-/m0/s1. The van der Waals surface area contributed by atoms with Crippen LogP contribution in [-0.2, 0) is 20.8 Å². The van der Waals surface area contributed by atoms with E-state index in [-0.39, 0.29) is 11.8 Å². The average molecular weight is 317 g/mol. The van der Waals surface area contributed by atoms with Gasteiger partial charge in [-0.15, -0.1) is 0 Å². The second-order valence-corrected chi connectivity index (χ2v) is 5.87. The number of hydrogen-bond donors (Lipinski definition) is 2. The molecule has 1 aromatic rings. The van der Waals surface area contributed by atoms with E-state index >= 15 is 0 Å². The highest BCUT2D eigenvalue weighted by atomic mass is 16.2. The number of amides is 3. The van der Waals surface area contributed by atoms with Crippen molar-refractivity contribution in [1.29, 1.82) is 0 Å². The van der Waals surface area contributed by atoms with Crippen molar-refractivity contribution in [3.05, 3.63) is 35.9 Å². The van der Waals surface area contributed by atoms with Gasteiger partial charge in [-0.2, -0.15) is 0 Å². The molecule has 1 aromatic carbocycles. The summed E-state index contributed by atoms with van der Waals surface area (Å²) < 4.78 is 0. The monoisotopic (exact) mass is 317 g/mol. The van der Waals surface area contributed by atoms with E-state index in [2.05, 4.69) is 5.32 Å². The lowest BCUT2D eigenvalue weighted by molar-refractivity contribution is -0.140. The Hall–Kier alpha value is -2.37. The number of aryl methyl sites for hydroxylation is 1. The maximum Gasteiger partial charge on any atom is 0.245 e. The molecule has 0 aliphatic carbocycles. The van der Waals surface area contributed by atoms with Crippen molar-refractivity contribution in [3.8, 4) is 0 Å². The molecule has 0 bridgehead atoms. The van der Waals surface area contributed by atoms with Crippen LogP contribution in [0.15, 0.2) is 30.3 Å². The predicted molar refractivity (Wildman–Crippen MR) is 86.3 cm³/mol. The molecule has 0 radical (unpaired) electrons. The van der Waals surface area contributed by atoms with E-state index in [9.17, 15) is 14.4 Å². The lowest BCUT2D eigenvalue weighted by atomic mass is 10.1. The van der Waals surface area contributed by atoms with Crippen LogP contribution in [0.4, 0.5) is 0 Å². The topological polar surface area (TPSA) is 92.5 Å². The van der Waals surface area contributed by atoms with Gasteiger partial charge in [0.1, 0.15) is 12.1 Å². The van der Waals surface area contributed by atoms with E-state index in [4.69, 9.17) is 5.73 Å². The van der Waals surface area contributed by atoms with Gasteiger partial charge in [-0.25, -0.2) is 0 Å². The molecular formula is C17H23N3O3. The molecule has 0 aromatic heterocycles. The van der Waals surface area contributed by atoms with Crippen LogP contribution in [-0.4, -0.2) is 41.2 Å². The van der Waals surface area contributed by atoms with Crippen molar-refractivity contribution in [2.45, 2.75) is 44.7 Å². The van der Waals surface area contributed by atoms with Gasteiger partial charge in [-0.3, -0.25) is 14.4 Å². The molecule has 2 rings (SSSR count). The van der Waals surface area contributed by atoms with Crippen LogP contribution < -0.4 is 11.1 Å². The first kappa shape index (κ1) is 17.0. The first-order valence-corrected chi connectivity index (χ1v) is 7.92. The zero-order valence-corrected chi connectivity index (χ0v) is 13.3. The fraction of sp³-hybridized carbons (Fsp3) is 0.471. The minimum atomic E-state index is -0.654. The normalized spacial score (nSPS) is 18.5. The number of carbonyl (C=O) groups is 3. The first-order chi connectivity index (χ1) is 11.0. The maximum absolute atomic E-state index is 12.4. The SMILES string of the molecule is CC(NC(=O)CCc1ccccc1)C(=O)N1CCC[C@H]1C(N)=O. The van der Waals surface area contributed by atoms with Gasteiger partial charge in [-0.1, -0.05) is 30.3 Å². The summed E-state index contributed by atoms with van der Waals surface area (Å²) in [5, 5.41) is 2.70. The Kier molecular flexibility index (Phi) is 5.73.